The van der Waals surface area contributed by atoms with Gasteiger partial charge in [-0.25, -0.2) is 9.78 Å². The van der Waals surface area contributed by atoms with Gasteiger partial charge in [0.25, 0.3) is 0 Å². The number of anilines is 2. The van der Waals surface area contributed by atoms with Crippen LogP contribution in [0.5, 0.6) is 0 Å². The second-order valence-corrected chi connectivity index (χ2v) is 7.09. The summed E-state index contributed by atoms with van der Waals surface area (Å²) in [6, 6.07) is 1.48. The molecule has 1 aliphatic rings. The first-order valence-electron chi connectivity index (χ1n) is 6.27. The van der Waals surface area contributed by atoms with Crippen molar-refractivity contribution in [2.75, 3.05) is 29.5 Å². The Morgan fingerprint density at radius 2 is 2.26 bits per heavy atom. The first-order chi connectivity index (χ1) is 8.89. The highest BCUT2D eigenvalue weighted by Gasteiger charge is 2.25. The third-order valence-corrected chi connectivity index (χ3v) is 4.65. The van der Waals surface area contributed by atoms with E-state index in [1.807, 2.05) is 11.8 Å². The summed E-state index contributed by atoms with van der Waals surface area (Å²) in [6.07, 6.45) is 2.43. The van der Waals surface area contributed by atoms with Gasteiger partial charge in [-0.15, -0.1) is 0 Å². The standard InChI is InChI=1S/C13H19N3O2S/c1-13(2)3-4-16(5-6-19-13)11-10(14)7-9(8-15-11)12(17)18/h7-8H,3-6,14H2,1-2H3,(H,17,18). The highest BCUT2D eigenvalue weighted by molar-refractivity contribution is 8.00. The van der Waals surface area contributed by atoms with Crippen molar-refractivity contribution in [1.29, 1.82) is 0 Å². The van der Waals surface area contributed by atoms with Gasteiger partial charge in [-0.2, -0.15) is 11.8 Å². The van der Waals surface area contributed by atoms with Crippen LogP contribution in [0.15, 0.2) is 12.3 Å². The van der Waals surface area contributed by atoms with Crippen LogP contribution in [0.3, 0.4) is 0 Å². The normalized spacial score (nSPS) is 18.9. The van der Waals surface area contributed by atoms with Gasteiger partial charge in [-0.1, -0.05) is 13.8 Å². The highest BCUT2D eigenvalue weighted by atomic mass is 32.2. The monoisotopic (exact) mass is 281 g/mol. The van der Waals surface area contributed by atoms with Gasteiger partial charge in [0, 0.05) is 29.8 Å². The van der Waals surface area contributed by atoms with Gasteiger partial charge in [-0.3, -0.25) is 0 Å². The molecule has 0 aliphatic carbocycles. The zero-order valence-electron chi connectivity index (χ0n) is 11.2. The lowest BCUT2D eigenvalue weighted by molar-refractivity contribution is 0.0696. The number of hydrogen-bond donors (Lipinski definition) is 2. The molecule has 0 radical (unpaired) electrons. The Hall–Kier alpha value is -1.43. The second kappa shape index (κ2) is 5.28. The SMILES string of the molecule is CC1(C)CCN(c2ncc(C(=O)O)cc2N)CCS1. The minimum absolute atomic E-state index is 0.130. The Kier molecular flexibility index (Phi) is 3.89. The lowest BCUT2D eigenvalue weighted by Crippen LogP contribution is -2.28. The predicted octanol–water partition coefficient (Wildman–Crippen LogP) is 2.08. The molecule has 3 N–H and O–H groups in total. The lowest BCUT2D eigenvalue weighted by Gasteiger charge is -2.24. The molecular formula is C13H19N3O2S. The van der Waals surface area contributed by atoms with Crippen molar-refractivity contribution in [2.24, 2.45) is 0 Å². The van der Waals surface area contributed by atoms with Gasteiger partial charge in [-0.05, 0) is 12.5 Å². The average molecular weight is 281 g/mol. The van der Waals surface area contributed by atoms with E-state index in [0.29, 0.717) is 11.5 Å². The van der Waals surface area contributed by atoms with Crippen LogP contribution in [-0.4, -0.2) is 39.6 Å². The topological polar surface area (TPSA) is 79.5 Å². The summed E-state index contributed by atoms with van der Waals surface area (Å²) in [7, 11) is 0. The number of nitrogens with zero attached hydrogens (tertiary/aromatic N) is 2. The fourth-order valence-corrected chi connectivity index (χ4v) is 3.19. The van der Waals surface area contributed by atoms with Crippen LogP contribution in [0.2, 0.25) is 0 Å². The van der Waals surface area contributed by atoms with E-state index < -0.39 is 5.97 Å². The van der Waals surface area contributed by atoms with Gasteiger partial charge in [0.1, 0.15) is 0 Å². The number of carboxylic acids is 1. The number of nitrogen functional groups attached to an aromatic ring is 1. The zero-order chi connectivity index (χ0) is 14.0. The van der Waals surface area contributed by atoms with Crippen LogP contribution in [0.1, 0.15) is 30.6 Å². The maximum absolute atomic E-state index is 10.9. The summed E-state index contributed by atoms with van der Waals surface area (Å²) in [5.41, 5.74) is 6.50. The molecule has 0 aromatic carbocycles. The molecule has 0 unspecified atom stereocenters. The number of aromatic nitrogens is 1. The van der Waals surface area contributed by atoms with Crippen molar-refractivity contribution in [2.45, 2.75) is 25.0 Å². The fourth-order valence-electron chi connectivity index (χ4n) is 2.09. The minimum Gasteiger partial charge on any atom is -0.478 e. The highest BCUT2D eigenvalue weighted by Crippen LogP contribution is 2.33. The summed E-state index contributed by atoms with van der Waals surface area (Å²) in [5, 5.41) is 8.91. The molecule has 19 heavy (non-hydrogen) atoms. The quantitative estimate of drug-likeness (QED) is 0.864. The van der Waals surface area contributed by atoms with E-state index in [4.69, 9.17) is 10.8 Å². The number of hydrogen-bond acceptors (Lipinski definition) is 5. The lowest BCUT2D eigenvalue weighted by atomic mass is 10.1. The van der Waals surface area contributed by atoms with Crippen LogP contribution < -0.4 is 10.6 Å². The summed E-state index contributed by atoms with van der Waals surface area (Å²) in [6.45, 7) is 6.26. The number of pyridine rings is 1. The number of nitrogens with two attached hydrogens (primary N) is 1. The van der Waals surface area contributed by atoms with Gasteiger partial charge < -0.3 is 15.7 Å². The van der Waals surface area contributed by atoms with Gasteiger partial charge in [0.05, 0.1) is 11.3 Å². The third kappa shape index (κ3) is 3.32. The molecule has 0 amide bonds. The van der Waals surface area contributed by atoms with E-state index >= 15 is 0 Å². The molecule has 2 rings (SSSR count). The Bertz CT molecular complexity index is 491. The first-order valence-corrected chi connectivity index (χ1v) is 7.25. The number of thioether (sulfide) groups is 1. The van der Waals surface area contributed by atoms with E-state index in [0.717, 1.165) is 25.3 Å². The van der Waals surface area contributed by atoms with Crippen LogP contribution in [0, 0.1) is 0 Å². The Balaban J connectivity index is 2.20. The number of rotatable bonds is 2. The summed E-state index contributed by atoms with van der Waals surface area (Å²) >= 11 is 1.95. The van der Waals surface area contributed by atoms with Crippen molar-refractivity contribution in [1.82, 2.24) is 4.98 Å². The van der Waals surface area contributed by atoms with E-state index in [-0.39, 0.29) is 10.3 Å². The van der Waals surface area contributed by atoms with Gasteiger partial charge in [0.2, 0.25) is 0 Å². The van der Waals surface area contributed by atoms with Crippen LogP contribution in [0.25, 0.3) is 0 Å². The fraction of sp³-hybridized carbons (Fsp3) is 0.538. The molecule has 6 heteroatoms. The van der Waals surface area contributed by atoms with E-state index in [1.165, 1.54) is 12.3 Å². The molecular weight excluding hydrogens is 262 g/mol. The Morgan fingerprint density at radius 3 is 2.89 bits per heavy atom. The van der Waals surface area contributed by atoms with Crippen molar-refractivity contribution >= 4 is 29.2 Å². The predicted molar refractivity (Wildman–Crippen MR) is 79.0 cm³/mol. The maximum Gasteiger partial charge on any atom is 0.337 e. The molecule has 0 saturated carbocycles. The van der Waals surface area contributed by atoms with E-state index in [1.54, 1.807) is 0 Å². The minimum atomic E-state index is -1.00. The van der Waals surface area contributed by atoms with E-state index in [9.17, 15) is 4.79 Å². The molecule has 1 aromatic rings. The molecule has 0 spiro atoms. The average Bonchev–Trinajstić information content (AvgIpc) is 2.50. The Morgan fingerprint density at radius 1 is 1.53 bits per heavy atom. The smallest absolute Gasteiger partial charge is 0.337 e. The van der Waals surface area contributed by atoms with Crippen LogP contribution >= 0.6 is 11.8 Å². The van der Waals surface area contributed by atoms with Gasteiger partial charge >= 0.3 is 5.97 Å². The Labute approximate surface area is 117 Å². The van der Waals surface area contributed by atoms with E-state index in [2.05, 4.69) is 23.7 Å². The van der Waals surface area contributed by atoms with Crippen molar-refractivity contribution < 1.29 is 9.90 Å². The maximum atomic E-state index is 10.9. The molecule has 2 heterocycles. The number of carboxylic acid groups (broad SMARTS) is 1. The second-order valence-electron chi connectivity index (χ2n) is 5.29. The summed E-state index contributed by atoms with van der Waals surface area (Å²) in [5.74, 6) is 0.719. The number of aromatic carboxylic acids is 1. The zero-order valence-corrected chi connectivity index (χ0v) is 12.0. The van der Waals surface area contributed by atoms with Gasteiger partial charge in [0.15, 0.2) is 5.82 Å². The van der Waals surface area contributed by atoms with Crippen molar-refractivity contribution in [3.05, 3.63) is 17.8 Å². The molecule has 1 fully saturated rings. The molecule has 0 bridgehead atoms. The summed E-state index contributed by atoms with van der Waals surface area (Å²) < 4.78 is 0.268. The third-order valence-electron chi connectivity index (χ3n) is 3.28. The van der Waals surface area contributed by atoms with Crippen molar-refractivity contribution in [3.8, 4) is 0 Å². The molecule has 1 aromatic heterocycles. The molecule has 0 atom stereocenters. The van der Waals surface area contributed by atoms with Crippen LogP contribution in [0.4, 0.5) is 11.5 Å². The van der Waals surface area contributed by atoms with Crippen molar-refractivity contribution in [3.63, 3.8) is 0 Å². The molecule has 104 valence electrons. The molecule has 1 saturated heterocycles. The first kappa shape index (κ1) is 14.0. The summed E-state index contributed by atoms with van der Waals surface area (Å²) in [4.78, 5) is 17.2. The molecule has 1 aliphatic heterocycles. The molecule has 5 nitrogen and oxygen atoms in total. The number of carbonyl (C=O) groups is 1. The van der Waals surface area contributed by atoms with Crippen LogP contribution in [-0.2, 0) is 0 Å². The largest absolute Gasteiger partial charge is 0.478 e.